The van der Waals surface area contributed by atoms with Gasteiger partial charge < -0.3 is 25.9 Å². The maximum Gasteiger partial charge on any atom is 0.272 e. The summed E-state index contributed by atoms with van der Waals surface area (Å²) in [7, 11) is 0. The number of aliphatic hydroxyl groups is 1. The second kappa shape index (κ2) is 14.0. The van der Waals surface area contributed by atoms with Crippen LogP contribution in [0.4, 0.5) is 0 Å². The van der Waals surface area contributed by atoms with Crippen molar-refractivity contribution in [2.24, 2.45) is 17.3 Å². The highest BCUT2D eigenvalue weighted by atomic mass is 16.3. The van der Waals surface area contributed by atoms with Gasteiger partial charge in [-0.3, -0.25) is 19.4 Å². The summed E-state index contributed by atoms with van der Waals surface area (Å²) < 4.78 is 0. The van der Waals surface area contributed by atoms with Crippen molar-refractivity contribution < 1.29 is 24.3 Å². The Labute approximate surface area is 214 Å². The molecule has 0 aliphatic carbocycles. The van der Waals surface area contributed by atoms with Gasteiger partial charge >= 0.3 is 0 Å². The number of hydrogen-bond donors (Lipinski definition) is 4. The first-order valence-electron chi connectivity index (χ1n) is 12.5. The van der Waals surface area contributed by atoms with E-state index in [1.807, 2.05) is 20.8 Å². The molecule has 4 N–H and O–H groups in total. The molecule has 0 spiro atoms. The zero-order valence-electron chi connectivity index (χ0n) is 22.6. The molecule has 0 aliphatic heterocycles. The molecular formula is C26H43N5O5. The van der Waals surface area contributed by atoms with E-state index in [-0.39, 0.29) is 23.4 Å². The van der Waals surface area contributed by atoms with Gasteiger partial charge in [-0.2, -0.15) is 0 Å². The Morgan fingerprint density at radius 3 is 2.19 bits per heavy atom. The van der Waals surface area contributed by atoms with Crippen LogP contribution in [0.15, 0.2) is 18.6 Å². The van der Waals surface area contributed by atoms with Crippen molar-refractivity contribution in [1.29, 1.82) is 0 Å². The van der Waals surface area contributed by atoms with E-state index in [0.717, 1.165) is 6.29 Å². The van der Waals surface area contributed by atoms with E-state index in [1.165, 1.54) is 18.6 Å². The van der Waals surface area contributed by atoms with E-state index in [2.05, 4.69) is 25.9 Å². The fraction of sp³-hybridized carbons (Fsp3) is 0.692. The van der Waals surface area contributed by atoms with Crippen LogP contribution in [-0.4, -0.2) is 63.3 Å². The van der Waals surface area contributed by atoms with Gasteiger partial charge in [0, 0.05) is 25.4 Å². The molecule has 10 heteroatoms. The standard InChI is InChI=1S/C26H43N5O5/c1-17(2)20(30-22(33)19-16-27-13-14-28-19)23(34)31-21(25(3,4)5)24(35)29-12-9-18(10-15-32)8-11-26(6,7)36/h13-18,20-21,36H,8-12H2,1-7H3,(H,29,35)(H,30,33)(H,31,34)/t18-,20?,21?/m0/s1. The molecule has 1 heterocycles. The number of aromatic nitrogens is 2. The monoisotopic (exact) mass is 505 g/mol. The second-order valence-electron chi connectivity index (χ2n) is 11.3. The molecule has 0 aromatic carbocycles. The van der Waals surface area contributed by atoms with Crippen LogP contribution in [0, 0.1) is 17.3 Å². The predicted molar refractivity (Wildman–Crippen MR) is 137 cm³/mol. The minimum absolute atomic E-state index is 0.0403. The fourth-order valence-electron chi connectivity index (χ4n) is 3.65. The van der Waals surface area contributed by atoms with Gasteiger partial charge in [-0.1, -0.05) is 34.6 Å². The van der Waals surface area contributed by atoms with Crippen LogP contribution in [0.3, 0.4) is 0 Å². The Bertz CT molecular complexity index is 862. The molecular weight excluding hydrogens is 462 g/mol. The first-order chi connectivity index (χ1) is 16.7. The average molecular weight is 506 g/mol. The van der Waals surface area contributed by atoms with Crippen molar-refractivity contribution in [3.8, 4) is 0 Å². The summed E-state index contributed by atoms with van der Waals surface area (Å²) in [4.78, 5) is 57.7. The number of carbonyl (C=O) groups is 4. The summed E-state index contributed by atoms with van der Waals surface area (Å²) in [5.74, 6) is -1.54. The molecule has 0 saturated carbocycles. The number of nitrogens with zero attached hydrogens (tertiary/aromatic N) is 2. The van der Waals surface area contributed by atoms with Crippen LogP contribution in [0.1, 0.15) is 84.6 Å². The first-order valence-corrected chi connectivity index (χ1v) is 12.5. The largest absolute Gasteiger partial charge is 0.390 e. The van der Waals surface area contributed by atoms with Crippen molar-refractivity contribution in [3.05, 3.63) is 24.3 Å². The SMILES string of the molecule is CC(C)C(NC(=O)c1cnccn1)C(=O)NC(C(=O)NCC[C@@H](CC=O)CCC(C)(C)O)C(C)(C)C. The molecule has 1 rings (SSSR count). The van der Waals surface area contributed by atoms with Crippen LogP contribution in [0.25, 0.3) is 0 Å². The Morgan fingerprint density at radius 2 is 1.69 bits per heavy atom. The van der Waals surface area contributed by atoms with Crippen molar-refractivity contribution in [3.63, 3.8) is 0 Å². The summed E-state index contributed by atoms with van der Waals surface area (Å²) in [6, 6.07) is -1.73. The third-order valence-corrected chi connectivity index (χ3v) is 5.89. The normalized spacial score (nSPS) is 14.5. The topological polar surface area (TPSA) is 150 Å². The van der Waals surface area contributed by atoms with E-state index in [4.69, 9.17) is 0 Å². The van der Waals surface area contributed by atoms with Crippen LogP contribution < -0.4 is 16.0 Å². The lowest BCUT2D eigenvalue weighted by Crippen LogP contribution is -2.59. The van der Waals surface area contributed by atoms with Crippen molar-refractivity contribution in [1.82, 2.24) is 25.9 Å². The van der Waals surface area contributed by atoms with Gasteiger partial charge in [-0.15, -0.1) is 0 Å². The molecule has 0 bridgehead atoms. The summed E-state index contributed by atoms with van der Waals surface area (Å²) in [6.45, 7) is 12.9. The van der Waals surface area contributed by atoms with Gasteiger partial charge in [0.15, 0.2) is 0 Å². The first kappa shape index (κ1) is 31.2. The average Bonchev–Trinajstić information content (AvgIpc) is 2.78. The smallest absolute Gasteiger partial charge is 0.272 e. The number of rotatable bonds is 14. The highest BCUT2D eigenvalue weighted by Gasteiger charge is 2.35. The molecule has 3 atom stereocenters. The summed E-state index contributed by atoms with van der Waals surface area (Å²) in [6.07, 6.45) is 7.16. The van der Waals surface area contributed by atoms with Gasteiger partial charge in [0.2, 0.25) is 11.8 Å². The highest BCUT2D eigenvalue weighted by molar-refractivity contribution is 5.97. The maximum absolute atomic E-state index is 13.2. The number of aldehydes is 1. The van der Waals surface area contributed by atoms with E-state index < -0.39 is 34.9 Å². The van der Waals surface area contributed by atoms with Crippen molar-refractivity contribution >= 4 is 24.0 Å². The molecule has 36 heavy (non-hydrogen) atoms. The lowest BCUT2D eigenvalue weighted by atomic mass is 9.85. The molecule has 10 nitrogen and oxygen atoms in total. The van der Waals surface area contributed by atoms with E-state index in [1.54, 1.807) is 27.7 Å². The van der Waals surface area contributed by atoms with Crippen LogP contribution in [0.2, 0.25) is 0 Å². The van der Waals surface area contributed by atoms with Gasteiger partial charge in [-0.25, -0.2) is 4.98 Å². The number of hydrogen-bond acceptors (Lipinski definition) is 7. The van der Waals surface area contributed by atoms with Crippen molar-refractivity contribution in [2.45, 2.75) is 91.8 Å². The van der Waals surface area contributed by atoms with Crippen LogP contribution in [-0.2, 0) is 14.4 Å². The van der Waals surface area contributed by atoms with Gasteiger partial charge in [0.25, 0.3) is 5.91 Å². The fourth-order valence-corrected chi connectivity index (χ4v) is 3.65. The lowest BCUT2D eigenvalue weighted by molar-refractivity contribution is -0.133. The number of nitrogens with one attached hydrogen (secondary N) is 3. The molecule has 3 amide bonds. The molecule has 0 aliphatic rings. The predicted octanol–water partition coefficient (Wildman–Crippen LogP) is 2.02. The minimum atomic E-state index is -0.879. The summed E-state index contributed by atoms with van der Waals surface area (Å²) >= 11 is 0. The van der Waals surface area contributed by atoms with E-state index in [0.29, 0.717) is 32.2 Å². The zero-order valence-corrected chi connectivity index (χ0v) is 22.6. The molecule has 1 aromatic rings. The quantitative estimate of drug-likeness (QED) is 0.282. The van der Waals surface area contributed by atoms with Gasteiger partial charge in [0.1, 0.15) is 24.1 Å². The molecule has 2 unspecified atom stereocenters. The summed E-state index contributed by atoms with van der Waals surface area (Å²) in [5, 5.41) is 18.3. The Hall–Kier alpha value is -2.88. The van der Waals surface area contributed by atoms with Crippen molar-refractivity contribution in [2.75, 3.05) is 6.54 Å². The van der Waals surface area contributed by atoms with Crippen LogP contribution in [0.5, 0.6) is 0 Å². The zero-order chi connectivity index (χ0) is 27.5. The van der Waals surface area contributed by atoms with Gasteiger partial charge in [-0.05, 0) is 50.4 Å². The third-order valence-electron chi connectivity index (χ3n) is 5.89. The molecule has 0 fully saturated rings. The minimum Gasteiger partial charge on any atom is -0.390 e. The van der Waals surface area contributed by atoms with E-state index >= 15 is 0 Å². The summed E-state index contributed by atoms with van der Waals surface area (Å²) in [5.41, 5.74) is -1.32. The Morgan fingerprint density at radius 1 is 1.03 bits per heavy atom. The number of carbonyl (C=O) groups excluding carboxylic acids is 4. The molecule has 1 aromatic heterocycles. The highest BCUT2D eigenvalue weighted by Crippen LogP contribution is 2.22. The second-order valence-corrected chi connectivity index (χ2v) is 11.3. The van der Waals surface area contributed by atoms with E-state index in [9.17, 15) is 24.3 Å². The lowest BCUT2D eigenvalue weighted by Gasteiger charge is -2.32. The van der Waals surface area contributed by atoms with Gasteiger partial charge in [0.05, 0.1) is 11.8 Å². The Balaban J connectivity index is 2.82. The molecule has 0 radical (unpaired) electrons. The molecule has 202 valence electrons. The maximum atomic E-state index is 13.2. The van der Waals surface area contributed by atoms with Crippen LogP contribution >= 0.6 is 0 Å². The Kier molecular flexibility index (Phi) is 12.1. The molecule has 0 saturated heterocycles. The third kappa shape index (κ3) is 11.2. The number of amides is 3.